The van der Waals surface area contributed by atoms with Crippen molar-refractivity contribution in [1.29, 1.82) is 0 Å². The largest absolute Gasteiger partial charge is 0.407 e. The molecule has 0 atom stereocenters. The summed E-state index contributed by atoms with van der Waals surface area (Å²) < 4.78 is 32.4. The number of carbonyl (C=O) groups excluding carboxylic acids is 1. The quantitative estimate of drug-likeness (QED) is 0.462. The number of para-hydroxylation sites is 1. The highest BCUT2D eigenvalue weighted by atomic mass is 32.2. The lowest BCUT2D eigenvalue weighted by Crippen LogP contribution is -2.26. The van der Waals surface area contributed by atoms with Crippen molar-refractivity contribution in [2.24, 2.45) is 0 Å². The zero-order chi connectivity index (χ0) is 22.6. The summed E-state index contributed by atoms with van der Waals surface area (Å²) in [5.74, 6) is -0.114. The molecule has 4 aromatic rings. The number of sulfonamides is 1. The number of carbonyl (C=O) groups is 1. The van der Waals surface area contributed by atoms with Crippen molar-refractivity contribution in [2.75, 3.05) is 16.7 Å². The van der Waals surface area contributed by atoms with Gasteiger partial charge in [-0.3, -0.25) is 14.4 Å². The Morgan fingerprint density at radius 3 is 2.19 bits per heavy atom. The van der Waals surface area contributed by atoms with Gasteiger partial charge in [-0.2, -0.15) is 0 Å². The first kappa shape index (κ1) is 21.3. The third-order valence-electron chi connectivity index (χ3n) is 4.78. The van der Waals surface area contributed by atoms with Crippen molar-refractivity contribution in [3.63, 3.8) is 0 Å². The summed E-state index contributed by atoms with van der Waals surface area (Å²) >= 11 is 0. The fourth-order valence-corrected chi connectivity index (χ4v) is 4.22. The first-order valence-corrected chi connectivity index (χ1v) is 11.2. The average molecular weight is 449 g/mol. The summed E-state index contributed by atoms with van der Waals surface area (Å²) in [6.07, 6.45) is 0.450. The van der Waals surface area contributed by atoms with E-state index in [0.29, 0.717) is 18.0 Å². The molecule has 9 heteroatoms. The minimum atomic E-state index is -3.76. The van der Waals surface area contributed by atoms with E-state index < -0.39 is 15.9 Å². The molecule has 0 bridgehead atoms. The first-order chi connectivity index (χ1) is 15.4. The Labute approximate surface area is 185 Å². The van der Waals surface area contributed by atoms with Crippen molar-refractivity contribution in [2.45, 2.75) is 11.3 Å². The fourth-order valence-electron chi connectivity index (χ4n) is 3.03. The van der Waals surface area contributed by atoms with Crippen LogP contribution in [0.15, 0.2) is 94.2 Å². The number of anilines is 2. The molecule has 0 aliphatic carbocycles. The van der Waals surface area contributed by atoms with Crippen LogP contribution in [-0.2, 0) is 16.4 Å². The Kier molecular flexibility index (Phi) is 6.00. The van der Waals surface area contributed by atoms with Gasteiger partial charge in [-0.05, 0) is 42.0 Å². The maximum atomic E-state index is 12.8. The molecule has 4 rings (SSSR count). The van der Waals surface area contributed by atoms with E-state index in [0.717, 1.165) is 5.56 Å². The molecule has 32 heavy (non-hydrogen) atoms. The smallest absolute Gasteiger partial charge is 0.322 e. The Morgan fingerprint density at radius 1 is 0.906 bits per heavy atom. The predicted molar refractivity (Wildman–Crippen MR) is 120 cm³/mol. The lowest BCUT2D eigenvalue weighted by Gasteiger charge is -2.19. The second kappa shape index (κ2) is 9.03. The van der Waals surface area contributed by atoms with Gasteiger partial charge in [-0.15, -0.1) is 5.10 Å². The van der Waals surface area contributed by atoms with Gasteiger partial charge in [-0.1, -0.05) is 53.6 Å². The van der Waals surface area contributed by atoms with Gasteiger partial charge in [0.1, 0.15) is 0 Å². The van der Waals surface area contributed by atoms with Crippen LogP contribution in [0.25, 0.3) is 0 Å². The highest BCUT2D eigenvalue weighted by molar-refractivity contribution is 7.92. The highest BCUT2D eigenvalue weighted by Crippen LogP contribution is 2.22. The van der Waals surface area contributed by atoms with E-state index in [1.807, 2.05) is 36.4 Å². The molecule has 162 valence electrons. The molecular weight excluding hydrogens is 428 g/mol. The van der Waals surface area contributed by atoms with Gasteiger partial charge in [0, 0.05) is 12.6 Å². The molecule has 3 aromatic carbocycles. The zero-order valence-corrected chi connectivity index (χ0v) is 18.0. The monoisotopic (exact) mass is 448 g/mol. The van der Waals surface area contributed by atoms with Crippen molar-refractivity contribution < 1.29 is 17.6 Å². The average Bonchev–Trinajstić information content (AvgIpc) is 3.26. The summed E-state index contributed by atoms with van der Waals surface area (Å²) in [4.78, 5) is 12.6. The van der Waals surface area contributed by atoms with E-state index in [-0.39, 0.29) is 16.5 Å². The minimum absolute atomic E-state index is 0.0264. The number of hydrogen-bond acceptors (Lipinski definition) is 6. The number of nitrogens with zero attached hydrogens (tertiary/aromatic N) is 3. The van der Waals surface area contributed by atoms with Crippen LogP contribution >= 0.6 is 0 Å². The number of rotatable bonds is 7. The van der Waals surface area contributed by atoms with Crippen LogP contribution in [0.1, 0.15) is 21.8 Å². The topological polar surface area (TPSA) is 105 Å². The van der Waals surface area contributed by atoms with Crippen LogP contribution in [-0.4, -0.2) is 31.6 Å². The van der Waals surface area contributed by atoms with E-state index in [4.69, 9.17) is 4.42 Å². The zero-order valence-electron chi connectivity index (χ0n) is 17.2. The van der Waals surface area contributed by atoms with Gasteiger partial charge >= 0.3 is 6.01 Å². The molecule has 8 nitrogen and oxygen atoms in total. The molecule has 1 N–H and O–H groups in total. The standard InChI is InChI=1S/C23H20N4O4S/c1-27(19-10-6-3-7-11-19)32(29,30)20-14-12-18(13-15-20)22(28)24-23-26-25-21(31-23)16-17-8-4-2-5-9-17/h2-15H,16H2,1H3,(H,24,26,28). The fraction of sp³-hybridized carbons (Fsp3) is 0.0870. The molecule has 1 heterocycles. The second-order valence-corrected chi connectivity index (χ2v) is 8.92. The van der Waals surface area contributed by atoms with E-state index in [9.17, 15) is 13.2 Å². The molecule has 1 amide bonds. The van der Waals surface area contributed by atoms with Crippen LogP contribution in [0.4, 0.5) is 11.7 Å². The van der Waals surface area contributed by atoms with Crippen molar-refractivity contribution in [3.8, 4) is 0 Å². The first-order valence-electron chi connectivity index (χ1n) is 9.75. The molecule has 0 unspecified atom stereocenters. The number of hydrogen-bond donors (Lipinski definition) is 1. The van der Waals surface area contributed by atoms with Crippen LogP contribution in [0.2, 0.25) is 0 Å². The Balaban J connectivity index is 1.43. The molecule has 0 spiro atoms. The number of nitrogens with one attached hydrogen (secondary N) is 1. The summed E-state index contributed by atoms with van der Waals surface area (Å²) in [5, 5.41) is 10.3. The van der Waals surface area contributed by atoms with Gasteiger partial charge in [0.25, 0.3) is 15.9 Å². The third kappa shape index (κ3) is 4.68. The van der Waals surface area contributed by atoms with Gasteiger partial charge in [0.15, 0.2) is 0 Å². The van der Waals surface area contributed by atoms with E-state index in [1.165, 1.54) is 35.6 Å². The number of aromatic nitrogens is 2. The maximum Gasteiger partial charge on any atom is 0.322 e. The molecule has 0 radical (unpaired) electrons. The summed E-state index contributed by atoms with van der Waals surface area (Å²) in [6, 6.07) is 24.0. The van der Waals surface area contributed by atoms with Crippen LogP contribution in [0.3, 0.4) is 0 Å². The van der Waals surface area contributed by atoms with E-state index in [1.54, 1.807) is 24.3 Å². The third-order valence-corrected chi connectivity index (χ3v) is 6.58. The normalized spacial score (nSPS) is 11.2. The summed E-state index contributed by atoms with van der Waals surface area (Å²) in [5.41, 5.74) is 1.80. The molecular formula is C23H20N4O4S. The summed E-state index contributed by atoms with van der Waals surface area (Å²) in [6.45, 7) is 0. The predicted octanol–water partition coefficient (Wildman–Crippen LogP) is 3.74. The highest BCUT2D eigenvalue weighted by Gasteiger charge is 2.21. The molecule has 0 saturated carbocycles. The lowest BCUT2D eigenvalue weighted by atomic mass is 10.2. The van der Waals surface area contributed by atoms with E-state index in [2.05, 4.69) is 15.5 Å². The van der Waals surface area contributed by atoms with Gasteiger partial charge in [0.05, 0.1) is 17.0 Å². The molecule has 0 fully saturated rings. The van der Waals surface area contributed by atoms with Crippen molar-refractivity contribution in [1.82, 2.24) is 10.2 Å². The Hall–Kier alpha value is -3.98. The summed E-state index contributed by atoms with van der Waals surface area (Å²) in [7, 11) is -2.28. The molecule has 0 aliphatic rings. The van der Waals surface area contributed by atoms with Crippen LogP contribution in [0.5, 0.6) is 0 Å². The molecule has 1 aromatic heterocycles. The van der Waals surface area contributed by atoms with Gasteiger partial charge in [0.2, 0.25) is 5.89 Å². The lowest BCUT2D eigenvalue weighted by molar-refractivity contribution is 0.102. The number of benzene rings is 3. The van der Waals surface area contributed by atoms with Gasteiger partial charge in [-0.25, -0.2) is 8.42 Å². The van der Waals surface area contributed by atoms with Gasteiger partial charge < -0.3 is 4.42 Å². The Morgan fingerprint density at radius 2 is 1.53 bits per heavy atom. The SMILES string of the molecule is CN(c1ccccc1)S(=O)(=O)c1ccc(C(=O)Nc2nnc(Cc3ccccc3)o2)cc1. The van der Waals surface area contributed by atoms with Crippen molar-refractivity contribution in [3.05, 3.63) is 102 Å². The molecule has 0 saturated heterocycles. The maximum absolute atomic E-state index is 12.8. The van der Waals surface area contributed by atoms with Crippen molar-refractivity contribution >= 4 is 27.6 Å². The molecule has 0 aliphatic heterocycles. The van der Waals surface area contributed by atoms with Crippen LogP contribution < -0.4 is 9.62 Å². The second-order valence-electron chi connectivity index (χ2n) is 6.95. The Bertz CT molecular complexity index is 1310. The number of amides is 1. The minimum Gasteiger partial charge on any atom is -0.407 e. The van der Waals surface area contributed by atoms with E-state index >= 15 is 0 Å². The van der Waals surface area contributed by atoms with Crippen LogP contribution in [0, 0.1) is 0 Å².